The smallest absolute Gasteiger partial charge is 0.256 e. The standard InChI is InChI=1S/C11H9BrN2OS/c12-8-5-10(16-6-8)14-11(15)7-1-3-9(13)4-2-7/h1-6H,13H2,(H,14,15). The molecule has 0 unspecified atom stereocenters. The maximum atomic E-state index is 11.8. The second-order valence-corrected chi connectivity index (χ2v) is 5.03. The van der Waals surface area contributed by atoms with Gasteiger partial charge in [0.2, 0.25) is 0 Å². The lowest BCUT2D eigenvalue weighted by Gasteiger charge is -2.02. The van der Waals surface area contributed by atoms with E-state index in [1.807, 2.05) is 11.4 Å². The summed E-state index contributed by atoms with van der Waals surface area (Å²) in [5.74, 6) is -0.130. The van der Waals surface area contributed by atoms with Gasteiger partial charge in [-0.3, -0.25) is 4.79 Å². The first-order chi connectivity index (χ1) is 7.65. The van der Waals surface area contributed by atoms with E-state index in [1.54, 1.807) is 24.3 Å². The molecule has 0 aliphatic carbocycles. The number of nitrogens with one attached hydrogen (secondary N) is 1. The van der Waals surface area contributed by atoms with Crippen molar-refractivity contribution >= 4 is 43.9 Å². The lowest BCUT2D eigenvalue weighted by atomic mass is 10.2. The molecule has 0 spiro atoms. The Balaban J connectivity index is 2.11. The minimum absolute atomic E-state index is 0.130. The Bertz CT molecular complexity index is 507. The molecule has 0 aliphatic heterocycles. The van der Waals surface area contributed by atoms with Crippen LogP contribution in [0.2, 0.25) is 0 Å². The number of hydrogen-bond donors (Lipinski definition) is 2. The molecular weight excluding hydrogens is 288 g/mol. The average Bonchev–Trinajstić information content (AvgIpc) is 2.65. The number of halogens is 1. The first-order valence-electron chi connectivity index (χ1n) is 4.56. The third kappa shape index (κ3) is 2.62. The number of nitrogen functional groups attached to an aromatic ring is 1. The van der Waals surface area contributed by atoms with Crippen LogP contribution in [0.25, 0.3) is 0 Å². The van der Waals surface area contributed by atoms with Crippen molar-refractivity contribution in [1.82, 2.24) is 0 Å². The monoisotopic (exact) mass is 296 g/mol. The molecule has 0 saturated heterocycles. The van der Waals surface area contributed by atoms with Gasteiger partial charge in [0.25, 0.3) is 5.91 Å². The molecule has 0 fully saturated rings. The zero-order valence-corrected chi connectivity index (χ0v) is 10.6. The molecule has 82 valence electrons. The number of anilines is 2. The van der Waals surface area contributed by atoms with Crippen LogP contribution in [0.15, 0.2) is 40.2 Å². The summed E-state index contributed by atoms with van der Waals surface area (Å²) in [5, 5.41) is 5.54. The maximum Gasteiger partial charge on any atom is 0.256 e. The van der Waals surface area contributed by atoms with Gasteiger partial charge in [0.05, 0.1) is 5.00 Å². The Hall–Kier alpha value is -1.33. The normalized spacial score (nSPS) is 10.1. The fraction of sp³-hybridized carbons (Fsp3) is 0. The number of carbonyl (C=O) groups is 1. The summed E-state index contributed by atoms with van der Waals surface area (Å²) in [6.07, 6.45) is 0. The van der Waals surface area contributed by atoms with E-state index < -0.39 is 0 Å². The molecule has 0 atom stereocenters. The van der Waals surface area contributed by atoms with Gasteiger partial charge in [0.15, 0.2) is 0 Å². The van der Waals surface area contributed by atoms with Gasteiger partial charge in [-0.2, -0.15) is 0 Å². The summed E-state index contributed by atoms with van der Waals surface area (Å²) < 4.78 is 0.963. The van der Waals surface area contributed by atoms with Crippen molar-refractivity contribution in [3.8, 4) is 0 Å². The number of carbonyl (C=O) groups excluding carboxylic acids is 1. The molecule has 2 rings (SSSR count). The Morgan fingerprint density at radius 3 is 2.56 bits per heavy atom. The topological polar surface area (TPSA) is 55.1 Å². The molecule has 5 heteroatoms. The molecule has 1 aromatic carbocycles. The van der Waals surface area contributed by atoms with E-state index in [2.05, 4.69) is 21.2 Å². The number of benzene rings is 1. The molecule has 1 aromatic heterocycles. The van der Waals surface area contributed by atoms with E-state index in [-0.39, 0.29) is 5.91 Å². The summed E-state index contributed by atoms with van der Waals surface area (Å²) in [4.78, 5) is 11.8. The highest BCUT2D eigenvalue weighted by Gasteiger charge is 2.06. The summed E-state index contributed by atoms with van der Waals surface area (Å²) in [5.41, 5.74) is 6.79. The minimum atomic E-state index is -0.130. The van der Waals surface area contributed by atoms with Gasteiger partial charge in [0.1, 0.15) is 0 Å². The molecule has 3 N–H and O–H groups in total. The second-order valence-electron chi connectivity index (χ2n) is 3.21. The van der Waals surface area contributed by atoms with Crippen LogP contribution in [0.5, 0.6) is 0 Å². The van der Waals surface area contributed by atoms with Crippen LogP contribution < -0.4 is 11.1 Å². The van der Waals surface area contributed by atoms with Crippen LogP contribution in [0, 0.1) is 0 Å². The largest absolute Gasteiger partial charge is 0.399 e. The highest BCUT2D eigenvalue weighted by molar-refractivity contribution is 9.10. The third-order valence-corrected chi connectivity index (χ3v) is 3.58. The van der Waals surface area contributed by atoms with E-state index in [9.17, 15) is 4.79 Å². The summed E-state index contributed by atoms with van der Waals surface area (Å²) >= 11 is 4.80. The summed E-state index contributed by atoms with van der Waals surface area (Å²) in [7, 11) is 0. The van der Waals surface area contributed by atoms with Gasteiger partial charge >= 0.3 is 0 Å². The van der Waals surface area contributed by atoms with Crippen LogP contribution in [-0.4, -0.2) is 5.91 Å². The summed E-state index contributed by atoms with van der Waals surface area (Å²) in [6, 6.07) is 8.68. The first-order valence-corrected chi connectivity index (χ1v) is 6.23. The van der Waals surface area contributed by atoms with E-state index in [0.717, 1.165) is 9.47 Å². The van der Waals surface area contributed by atoms with Gasteiger partial charge in [-0.25, -0.2) is 0 Å². The Morgan fingerprint density at radius 1 is 1.31 bits per heavy atom. The predicted octanol–water partition coefficient (Wildman–Crippen LogP) is 3.35. The van der Waals surface area contributed by atoms with Gasteiger partial charge in [-0.1, -0.05) is 0 Å². The SMILES string of the molecule is Nc1ccc(C(=O)Nc2cc(Br)cs2)cc1. The molecular formula is C11H9BrN2OS. The number of hydrogen-bond acceptors (Lipinski definition) is 3. The fourth-order valence-corrected chi connectivity index (χ4v) is 2.51. The second kappa shape index (κ2) is 4.67. The van der Waals surface area contributed by atoms with E-state index in [0.29, 0.717) is 11.3 Å². The number of thiophene rings is 1. The zero-order chi connectivity index (χ0) is 11.5. The van der Waals surface area contributed by atoms with Gasteiger partial charge in [0, 0.05) is 21.1 Å². The zero-order valence-electron chi connectivity index (χ0n) is 8.24. The van der Waals surface area contributed by atoms with E-state index >= 15 is 0 Å². The van der Waals surface area contributed by atoms with Crippen LogP contribution in [0.4, 0.5) is 10.7 Å². The fourth-order valence-electron chi connectivity index (χ4n) is 1.20. The van der Waals surface area contributed by atoms with Crippen molar-refractivity contribution in [2.75, 3.05) is 11.1 Å². The van der Waals surface area contributed by atoms with Crippen molar-refractivity contribution in [3.05, 3.63) is 45.7 Å². The molecule has 0 radical (unpaired) electrons. The van der Waals surface area contributed by atoms with Crippen molar-refractivity contribution < 1.29 is 4.79 Å². The lowest BCUT2D eigenvalue weighted by Crippen LogP contribution is -2.10. The van der Waals surface area contributed by atoms with Crippen molar-refractivity contribution in [3.63, 3.8) is 0 Å². The molecule has 0 saturated carbocycles. The quantitative estimate of drug-likeness (QED) is 0.835. The van der Waals surface area contributed by atoms with Crippen LogP contribution in [0.1, 0.15) is 10.4 Å². The molecule has 2 aromatic rings. The highest BCUT2D eigenvalue weighted by Crippen LogP contribution is 2.24. The molecule has 0 bridgehead atoms. The summed E-state index contributed by atoms with van der Waals surface area (Å²) in [6.45, 7) is 0. The molecule has 16 heavy (non-hydrogen) atoms. The number of nitrogens with two attached hydrogens (primary N) is 1. The van der Waals surface area contributed by atoms with Crippen molar-refractivity contribution in [2.45, 2.75) is 0 Å². The van der Waals surface area contributed by atoms with Crippen molar-refractivity contribution in [2.24, 2.45) is 0 Å². The van der Waals surface area contributed by atoms with E-state index in [4.69, 9.17) is 5.73 Å². The molecule has 0 aliphatic rings. The van der Waals surface area contributed by atoms with Gasteiger partial charge in [-0.15, -0.1) is 11.3 Å². The highest BCUT2D eigenvalue weighted by atomic mass is 79.9. The third-order valence-electron chi connectivity index (χ3n) is 1.98. The van der Waals surface area contributed by atoms with Gasteiger partial charge in [-0.05, 0) is 46.3 Å². The van der Waals surface area contributed by atoms with Gasteiger partial charge < -0.3 is 11.1 Å². The van der Waals surface area contributed by atoms with Crippen LogP contribution in [0.3, 0.4) is 0 Å². The van der Waals surface area contributed by atoms with E-state index in [1.165, 1.54) is 11.3 Å². The van der Waals surface area contributed by atoms with Crippen LogP contribution in [-0.2, 0) is 0 Å². The Morgan fingerprint density at radius 2 is 2.00 bits per heavy atom. The maximum absolute atomic E-state index is 11.8. The predicted molar refractivity (Wildman–Crippen MR) is 70.8 cm³/mol. The lowest BCUT2D eigenvalue weighted by molar-refractivity contribution is 0.102. The number of rotatable bonds is 2. The molecule has 1 amide bonds. The minimum Gasteiger partial charge on any atom is -0.399 e. The Kier molecular flexibility index (Phi) is 3.26. The number of amides is 1. The first kappa shape index (κ1) is 11.2. The molecule has 3 nitrogen and oxygen atoms in total. The molecule has 1 heterocycles. The Labute approximate surface area is 105 Å². The van der Waals surface area contributed by atoms with Crippen LogP contribution >= 0.6 is 27.3 Å². The average molecular weight is 297 g/mol. The van der Waals surface area contributed by atoms with Crippen molar-refractivity contribution in [1.29, 1.82) is 0 Å².